The molecule has 4 heteroatoms. The van der Waals surface area contributed by atoms with Crippen molar-refractivity contribution in [1.29, 1.82) is 0 Å². The van der Waals surface area contributed by atoms with Crippen molar-refractivity contribution in [2.75, 3.05) is 13.7 Å². The first-order valence-electron chi connectivity index (χ1n) is 7.04. The van der Waals surface area contributed by atoms with E-state index >= 15 is 0 Å². The van der Waals surface area contributed by atoms with E-state index in [2.05, 4.69) is 30.4 Å². The first-order chi connectivity index (χ1) is 10.2. The van der Waals surface area contributed by atoms with Gasteiger partial charge in [0.25, 0.3) is 0 Å². The van der Waals surface area contributed by atoms with Gasteiger partial charge in [0.2, 0.25) is 0 Å². The lowest BCUT2D eigenvalue weighted by atomic mass is 10.2. The van der Waals surface area contributed by atoms with Gasteiger partial charge in [-0.3, -0.25) is 0 Å². The summed E-state index contributed by atoms with van der Waals surface area (Å²) in [6.45, 7) is 3.98. The number of methoxy groups -OCH3 is 1. The van der Waals surface area contributed by atoms with Gasteiger partial charge in [-0.25, -0.2) is 0 Å². The van der Waals surface area contributed by atoms with Crippen LogP contribution in [0.15, 0.2) is 52.3 Å². The van der Waals surface area contributed by atoms with E-state index in [0.717, 1.165) is 45.6 Å². The molecule has 0 aliphatic carbocycles. The van der Waals surface area contributed by atoms with Crippen molar-refractivity contribution in [3.05, 3.63) is 53.1 Å². The van der Waals surface area contributed by atoms with E-state index < -0.39 is 0 Å². The molecule has 112 valence electrons. The number of rotatable bonds is 7. The second-order valence-corrected chi connectivity index (χ2v) is 6.27. The molecule has 0 amide bonds. The summed E-state index contributed by atoms with van der Waals surface area (Å²) in [5, 5.41) is 4.18. The summed E-state index contributed by atoms with van der Waals surface area (Å²) >= 11 is 8.04. The minimum Gasteiger partial charge on any atom is -0.497 e. The number of benzene rings is 2. The number of ether oxygens (including phenoxy) is 1. The molecule has 21 heavy (non-hydrogen) atoms. The van der Waals surface area contributed by atoms with Crippen LogP contribution in [0.2, 0.25) is 5.02 Å². The normalized spacial score (nSPS) is 10.6. The maximum absolute atomic E-state index is 6.36. The molecule has 0 atom stereocenters. The molecule has 0 saturated carbocycles. The van der Waals surface area contributed by atoms with Crippen LogP contribution in [0.25, 0.3) is 0 Å². The van der Waals surface area contributed by atoms with Crippen LogP contribution in [-0.4, -0.2) is 13.7 Å². The van der Waals surface area contributed by atoms with Crippen molar-refractivity contribution >= 4 is 23.4 Å². The van der Waals surface area contributed by atoms with Crippen LogP contribution in [-0.2, 0) is 6.54 Å². The van der Waals surface area contributed by atoms with Gasteiger partial charge in [0, 0.05) is 21.4 Å². The molecule has 0 heterocycles. The molecule has 0 aliphatic rings. The van der Waals surface area contributed by atoms with E-state index in [9.17, 15) is 0 Å². The van der Waals surface area contributed by atoms with E-state index in [0.29, 0.717) is 0 Å². The topological polar surface area (TPSA) is 21.3 Å². The number of nitrogens with one attached hydrogen (secondary N) is 1. The van der Waals surface area contributed by atoms with Gasteiger partial charge in [-0.1, -0.05) is 42.4 Å². The average Bonchev–Trinajstić information content (AvgIpc) is 2.50. The molecular weight excluding hydrogens is 302 g/mol. The molecule has 2 rings (SSSR count). The Balaban J connectivity index is 2.05. The minimum absolute atomic E-state index is 0.812. The third-order valence-electron chi connectivity index (χ3n) is 3.04. The molecule has 2 aromatic rings. The van der Waals surface area contributed by atoms with E-state index in [-0.39, 0.29) is 0 Å². The molecule has 0 bridgehead atoms. The molecule has 0 radical (unpaired) electrons. The van der Waals surface area contributed by atoms with Crippen LogP contribution in [0.3, 0.4) is 0 Å². The van der Waals surface area contributed by atoms with Gasteiger partial charge in [-0.05, 0) is 48.9 Å². The Morgan fingerprint density at radius 2 is 1.95 bits per heavy atom. The van der Waals surface area contributed by atoms with Crippen molar-refractivity contribution in [3.63, 3.8) is 0 Å². The van der Waals surface area contributed by atoms with Crippen LogP contribution in [0.1, 0.15) is 18.9 Å². The molecule has 1 N–H and O–H groups in total. The highest BCUT2D eigenvalue weighted by atomic mass is 35.5. The molecule has 0 unspecified atom stereocenters. The zero-order chi connectivity index (χ0) is 15.1. The third-order valence-corrected chi connectivity index (χ3v) is 4.37. The maximum atomic E-state index is 6.36. The van der Waals surface area contributed by atoms with E-state index in [1.165, 1.54) is 0 Å². The third kappa shape index (κ3) is 4.95. The fraction of sp³-hybridized carbons (Fsp3) is 0.294. The Kier molecular flexibility index (Phi) is 6.43. The van der Waals surface area contributed by atoms with Gasteiger partial charge in [-0.2, -0.15) is 0 Å². The lowest BCUT2D eigenvalue weighted by Gasteiger charge is -2.09. The van der Waals surface area contributed by atoms with Crippen molar-refractivity contribution in [1.82, 2.24) is 5.32 Å². The Morgan fingerprint density at radius 3 is 2.67 bits per heavy atom. The lowest BCUT2D eigenvalue weighted by Crippen LogP contribution is -2.13. The number of hydrogen-bond acceptors (Lipinski definition) is 3. The first-order valence-corrected chi connectivity index (χ1v) is 8.23. The van der Waals surface area contributed by atoms with Crippen LogP contribution >= 0.6 is 23.4 Å². The van der Waals surface area contributed by atoms with Crippen LogP contribution in [0.4, 0.5) is 0 Å². The highest BCUT2D eigenvalue weighted by Gasteiger charge is 2.04. The lowest BCUT2D eigenvalue weighted by molar-refractivity contribution is 0.413. The van der Waals surface area contributed by atoms with Gasteiger partial charge in [0.05, 0.1) is 7.11 Å². The Labute approximate surface area is 135 Å². The molecule has 0 saturated heterocycles. The fourth-order valence-electron chi connectivity index (χ4n) is 1.94. The van der Waals surface area contributed by atoms with Crippen LogP contribution < -0.4 is 10.1 Å². The maximum Gasteiger partial charge on any atom is 0.119 e. The van der Waals surface area contributed by atoms with E-state index in [1.54, 1.807) is 18.9 Å². The predicted octanol–water partition coefficient (Wildman–Crippen LogP) is 5.00. The number of halogens is 1. The van der Waals surface area contributed by atoms with Gasteiger partial charge in [-0.15, -0.1) is 0 Å². The molecule has 2 nitrogen and oxygen atoms in total. The molecular formula is C17H20ClNOS. The SMILES string of the molecule is CCCNCc1ccc(Sc2cccc(OC)c2)cc1Cl. The van der Waals surface area contributed by atoms with E-state index in [4.69, 9.17) is 16.3 Å². The van der Waals surface area contributed by atoms with Gasteiger partial charge >= 0.3 is 0 Å². The zero-order valence-corrected chi connectivity index (χ0v) is 13.9. The summed E-state index contributed by atoms with van der Waals surface area (Å²) < 4.78 is 5.24. The smallest absolute Gasteiger partial charge is 0.119 e. The summed E-state index contributed by atoms with van der Waals surface area (Å²) in [4.78, 5) is 2.27. The molecule has 2 aromatic carbocycles. The highest BCUT2D eigenvalue weighted by molar-refractivity contribution is 7.99. The summed E-state index contributed by atoms with van der Waals surface area (Å²) in [6.07, 6.45) is 1.13. The second kappa shape index (κ2) is 8.32. The summed E-state index contributed by atoms with van der Waals surface area (Å²) in [6, 6.07) is 14.2. The van der Waals surface area contributed by atoms with Gasteiger partial charge in [0.1, 0.15) is 5.75 Å². The van der Waals surface area contributed by atoms with Crippen molar-refractivity contribution in [3.8, 4) is 5.75 Å². The minimum atomic E-state index is 0.812. The number of hydrogen-bond donors (Lipinski definition) is 1. The monoisotopic (exact) mass is 321 g/mol. The fourth-order valence-corrected chi connectivity index (χ4v) is 3.15. The second-order valence-electron chi connectivity index (χ2n) is 4.71. The van der Waals surface area contributed by atoms with Gasteiger partial charge < -0.3 is 10.1 Å². The summed E-state index contributed by atoms with van der Waals surface area (Å²) in [5.41, 5.74) is 1.14. The van der Waals surface area contributed by atoms with Gasteiger partial charge in [0.15, 0.2) is 0 Å². The summed E-state index contributed by atoms with van der Waals surface area (Å²) in [7, 11) is 1.68. The highest BCUT2D eigenvalue weighted by Crippen LogP contribution is 2.32. The molecule has 0 aliphatic heterocycles. The zero-order valence-electron chi connectivity index (χ0n) is 12.4. The largest absolute Gasteiger partial charge is 0.497 e. The van der Waals surface area contributed by atoms with Crippen molar-refractivity contribution < 1.29 is 4.74 Å². The average molecular weight is 322 g/mol. The van der Waals surface area contributed by atoms with Crippen LogP contribution in [0.5, 0.6) is 5.75 Å². The van der Waals surface area contributed by atoms with Crippen LogP contribution in [0, 0.1) is 0 Å². The Bertz CT molecular complexity index is 589. The summed E-state index contributed by atoms with van der Waals surface area (Å²) in [5.74, 6) is 0.867. The Hall–Kier alpha value is -1.16. The first kappa shape index (κ1) is 16.2. The standard InChI is InChI=1S/C17H20ClNOS/c1-3-9-19-12-13-7-8-16(11-17(13)18)21-15-6-4-5-14(10-15)20-2/h4-8,10-11,19H,3,9,12H2,1-2H3. The quantitative estimate of drug-likeness (QED) is 0.725. The molecule has 0 spiro atoms. The molecule has 0 aromatic heterocycles. The predicted molar refractivity (Wildman–Crippen MR) is 90.6 cm³/mol. The van der Waals surface area contributed by atoms with Crippen molar-refractivity contribution in [2.45, 2.75) is 29.7 Å². The van der Waals surface area contributed by atoms with Crippen molar-refractivity contribution in [2.24, 2.45) is 0 Å². The Morgan fingerprint density at radius 1 is 1.14 bits per heavy atom. The molecule has 0 fully saturated rings. The van der Waals surface area contributed by atoms with E-state index in [1.807, 2.05) is 24.3 Å².